The third-order valence-corrected chi connectivity index (χ3v) is 6.22. The number of hydrogen-bond acceptors (Lipinski definition) is 3. The Morgan fingerprint density at radius 3 is 2.80 bits per heavy atom. The fourth-order valence-corrected chi connectivity index (χ4v) is 4.70. The number of fused-ring (bicyclic) bond motifs is 3. The molecule has 0 saturated carbocycles. The molecule has 132 valence electrons. The van der Waals surface area contributed by atoms with Crippen LogP contribution in [0.1, 0.15) is 12.8 Å². The molecule has 3 fully saturated rings. The SMILES string of the molecule is C[N+]12CCC(CC1)[C@@H](OC(=O)Nc1ccc(F)cc1-c1ccsc1)C2. The summed E-state index contributed by atoms with van der Waals surface area (Å²) in [6, 6.07) is 6.30. The summed E-state index contributed by atoms with van der Waals surface area (Å²) in [5, 5.41) is 6.68. The molecule has 0 aliphatic carbocycles. The van der Waals surface area contributed by atoms with E-state index in [1.54, 1.807) is 6.07 Å². The standard InChI is InChI=1S/C19H21FN2O2S/c1-22-7-4-13(5-8-22)18(11-22)24-19(23)21-17-3-2-15(20)10-16(17)14-6-9-25-12-14/h2-3,6,9-10,12-13,18H,4-5,7-8,11H2,1H3/p+1/t13?,18-,22?/m0/s1. The van der Waals surface area contributed by atoms with Crippen LogP contribution in [0.3, 0.4) is 0 Å². The van der Waals surface area contributed by atoms with Crippen LogP contribution in [-0.2, 0) is 4.74 Å². The number of nitrogens with zero attached hydrogens (tertiary/aromatic N) is 1. The zero-order valence-corrected chi connectivity index (χ0v) is 15.0. The van der Waals surface area contributed by atoms with Crippen molar-refractivity contribution < 1.29 is 18.4 Å². The van der Waals surface area contributed by atoms with Crippen molar-refractivity contribution in [2.45, 2.75) is 18.9 Å². The first-order valence-corrected chi connectivity index (χ1v) is 9.60. The Balaban J connectivity index is 1.48. The van der Waals surface area contributed by atoms with Gasteiger partial charge in [0.25, 0.3) is 0 Å². The number of hydrogen-bond donors (Lipinski definition) is 1. The second-order valence-electron chi connectivity index (χ2n) is 7.36. The van der Waals surface area contributed by atoms with E-state index < -0.39 is 6.09 Å². The number of benzene rings is 1. The fourth-order valence-electron chi connectivity index (χ4n) is 4.04. The van der Waals surface area contributed by atoms with Crippen LogP contribution in [0.2, 0.25) is 0 Å². The zero-order chi connectivity index (χ0) is 17.4. The largest absolute Gasteiger partial charge is 0.440 e. The minimum atomic E-state index is -0.451. The van der Waals surface area contributed by atoms with Gasteiger partial charge in [-0.25, -0.2) is 9.18 Å². The van der Waals surface area contributed by atoms with Gasteiger partial charge in [-0.15, -0.1) is 0 Å². The van der Waals surface area contributed by atoms with E-state index in [1.165, 1.54) is 36.6 Å². The summed E-state index contributed by atoms with van der Waals surface area (Å²) < 4.78 is 20.4. The Morgan fingerprint density at radius 1 is 1.32 bits per heavy atom. The van der Waals surface area contributed by atoms with Crippen molar-refractivity contribution in [2.24, 2.45) is 5.92 Å². The number of likely N-dealkylation sites (N-methyl/N-ethyl adjacent to an activating group) is 1. The highest BCUT2D eigenvalue weighted by Gasteiger charge is 2.45. The van der Waals surface area contributed by atoms with E-state index in [0.29, 0.717) is 17.2 Å². The van der Waals surface area contributed by atoms with Crippen LogP contribution < -0.4 is 5.32 Å². The molecule has 3 aliphatic rings. The molecule has 4 nitrogen and oxygen atoms in total. The summed E-state index contributed by atoms with van der Waals surface area (Å²) in [6.07, 6.45) is 1.75. The summed E-state index contributed by atoms with van der Waals surface area (Å²) in [5.41, 5.74) is 2.14. The molecular formula is C19H22FN2O2S+. The number of carbonyl (C=O) groups excluding carboxylic acids is 1. The number of amides is 1. The third-order valence-electron chi connectivity index (χ3n) is 5.53. The van der Waals surface area contributed by atoms with Gasteiger partial charge in [-0.05, 0) is 40.6 Å². The molecule has 5 rings (SSSR count). The van der Waals surface area contributed by atoms with E-state index in [4.69, 9.17) is 4.74 Å². The first-order valence-electron chi connectivity index (χ1n) is 8.66. The second kappa shape index (κ2) is 6.42. The predicted molar refractivity (Wildman–Crippen MR) is 97.1 cm³/mol. The van der Waals surface area contributed by atoms with Crippen molar-refractivity contribution >= 4 is 23.1 Å². The first kappa shape index (κ1) is 16.5. The lowest BCUT2D eigenvalue weighted by atomic mass is 9.84. The minimum absolute atomic E-state index is 0.0301. The van der Waals surface area contributed by atoms with E-state index in [-0.39, 0.29) is 11.9 Å². The average Bonchev–Trinajstić information content (AvgIpc) is 3.11. The lowest BCUT2D eigenvalue weighted by Crippen LogP contribution is -2.62. The molecule has 0 spiro atoms. The molecule has 1 aromatic carbocycles. The van der Waals surface area contributed by atoms with Crippen molar-refractivity contribution in [3.05, 3.63) is 40.8 Å². The van der Waals surface area contributed by atoms with E-state index >= 15 is 0 Å². The number of thiophene rings is 1. The molecule has 3 saturated heterocycles. The van der Waals surface area contributed by atoms with Gasteiger partial charge in [0.1, 0.15) is 12.4 Å². The summed E-state index contributed by atoms with van der Waals surface area (Å²) in [7, 11) is 2.23. The molecule has 6 heteroatoms. The number of anilines is 1. The Bertz CT molecular complexity index is 770. The van der Waals surface area contributed by atoms with Gasteiger partial charge in [0, 0.05) is 24.3 Å². The van der Waals surface area contributed by atoms with Crippen LogP contribution in [0.25, 0.3) is 11.1 Å². The molecule has 2 bridgehead atoms. The zero-order valence-electron chi connectivity index (χ0n) is 14.2. The molecule has 1 amide bonds. The molecule has 2 aromatic rings. The van der Waals surface area contributed by atoms with Crippen molar-refractivity contribution in [2.75, 3.05) is 32.0 Å². The van der Waals surface area contributed by atoms with Gasteiger partial charge in [0.05, 0.1) is 25.8 Å². The van der Waals surface area contributed by atoms with Crippen molar-refractivity contribution in [1.29, 1.82) is 0 Å². The van der Waals surface area contributed by atoms with Crippen LogP contribution in [0.4, 0.5) is 14.9 Å². The average molecular weight is 361 g/mol. The Kier molecular flexibility index (Phi) is 4.25. The maximum absolute atomic E-state index is 13.7. The van der Waals surface area contributed by atoms with Crippen LogP contribution in [0.5, 0.6) is 0 Å². The quantitative estimate of drug-likeness (QED) is 0.826. The molecule has 3 aliphatic heterocycles. The van der Waals surface area contributed by atoms with Crippen molar-refractivity contribution in [3.63, 3.8) is 0 Å². The number of ether oxygens (including phenoxy) is 1. The highest BCUT2D eigenvalue weighted by atomic mass is 32.1. The molecule has 1 N–H and O–H groups in total. The number of rotatable bonds is 3. The van der Waals surface area contributed by atoms with Crippen LogP contribution >= 0.6 is 11.3 Å². The van der Waals surface area contributed by atoms with Crippen LogP contribution in [-0.4, -0.2) is 43.4 Å². The second-order valence-corrected chi connectivity index (χ2v) is 8.14. The Morgan fingerprint density at radius 2 is 2.12 bits per heavy atom. The van der Waals surface area contributed by atoms with Gasteiger partial charge < -0.3 is 9.22 Å². The maximum atomic E-state index is 13.7. The molecular weight excluding hydrogens is 339 g/mol. The van der Waals surface area contributed by atoms with E-state index in [2.05, 4.69) is 12.4 Å². The molecule has 4 heterocycles. The maximum Gasteiger partial charge on any atom is 0.412 e. The number of quaternary nitrogens is 1. The van der Waals surface area contributed by atoms with Gasteiger partial charge in [-0.3, -0.25) is 5.32 Å². The first-order chi connectivity index (χ1) is 12.0. The van der Waals surface area contributed by atoms with Gasteiger partial charge in [-0.2, -0.15) is 11.3 Å². The van der Waals surface area contributed by atoms with Crippen LogP contribution in [0.15, 0.2) is 35.0 Å². The van der Waals surface area contributed by atoms with E-state index in [9.17, 15) is 9.18 Å². The smallest absolute Gasteiger partial charge is 0.412 e. The number of halogens is 1. The number of piperidine rings is 3. The molecule has 0 unspecified atom stereocenters. The lowest BCUT2D eigenvalue weighted by molar-refractivity contribution is -0.928. The molecule has 25 heavy (non-hydrogen) atoms. The Hall–Kier alpha value is -1.92. The highest BCUT2D eigenvalue weighted by molar-refractivity contribution is 7.08. The summed E-state index contributed by atoms with van der Waals surface area (Å²) in [4.78, 5) is 12.4. The topological polar surface area (TPSA) is 38.3 Å². The van der Waals surface area contributed by atoms with Gasteiger partial charge in [0.15, 0.2) is 6.10 Å². The van der Waals surface area contributed by atoms with Crippen molar-refractivity contribution in [1.82, 2.24) is 0 Å². The third kappa shape index (κ3) is 3.41. The van der Waals surface area contributed by atoms with Gasteiger partial charge in [0.2, 0.25) is 0 Å². The molecule has 1 atom stereocenters. The van der Waals surface area contributed by atoms with Gasteiger partial charge in [-0.1, -0.05) is 0 Å². The molecule has 1 aromatic heterocycles. The molecule has 0 radical (unpaired) electrons. The summed E-state index contributed by atoms with van der Waals surface area (Å²) in [6.45, 7) is 3.23. The monoisotopic (exact) mass is 361 g/mol. The number of carbonyl (C=O) groups is 1. The highest BCUT2D eigenvalue weighted by Crippen LogP contribution is 2.35. The minimum Gasteiger partial charge on any atom is -0.440 e. The lowest BCUT2D eigenvalue weighted by Gasteiger charge is -2.49. The summed E-state index contributed by atoms with van der Waals surface area (Å²) in [5.74, 6) is 0.144. The predicted octanol–water partition coefficient (Wildman–Crippen LogP) is 4.34. The fraction of sp³-hybridized carbons (Fsp3) is 0.421. The van der Waals surface area contributed by atoms with Crippen molar-refractivity contribution in [3.8, 4) is 11.1 Å². The normalized spacial score (nSPS) is 27.9. The number of nitrogens with one attached hydrogen (secondary N) is 1. The van der Waals surface area contributed by atoms with E-state index in [0.717, 1.165) is 29.4 Å². The summed E-state index contributed by atoms with van der Waals surface area (Å²) >= 11 is 1.54. The van der Waals surface area contributed by atoms with Crippen LogP contribution in [0, 0.1) is 11.7 Å². The Labute approximate surface area is 150 Å². The van der Waals surface area contributed by atoms with E-state index in [1.807, 2.05) is 16.8 Å². The van der Waals surface area contributed by atoms with Gasteiger partial charge >= 0.3 is 6.09 Å².